The molecule has 1 aromatic carbocycles. The number of nitrogen functional groups attached to an aromatic ring is 1. The number of allylic oxidation sites excluding steroid dienone is 1. The van der Waals surface area contributed by atoms with Crippen molar-refractivity contribution in [3.05, 3.63) is 30.4 Å². The van der Waals surface area contributed by atoms with Crippen LogP contribution in [-0.4, -0.2) is 16.0 Å². The molecule has 1 atom stereocenters. The van der Waals surface area contributed by atoms with E-state index in [1.165, 1.54) is 0 Å². The minimum absolute atomic E-state index is 0.484. The van der Waals surface area contributed by atoms with Crippen LogP contribution in [-0.2, 0) is 0 Å². The van der Waals surface area contributed by atoms with Crippen molar-refractivity contribution in [1.29, 1.82) is 0 Å². The SMILES string of the molecule is Nc1ccc2nc(NC3CC=CCC3)[nH]c2c1. The molecule has 0 bridgehead atoms. The monoisotopic (exact) mass is 228 g/mol. The van der Waals surface area contributed by atoms with Gasteiger partial charge in [0.25, 0.3) is 0 Å². The Bertz CT molecular complexity index is 556. The van der Waals surface area contributed by atoms with E-state index in [2.05, 4.69) is 27.4 Å². The van der Waals surface area contributed by atoms with E-state index < -0.39 is 0 Å². The summed E-state index contributed by atoms with van der Waals surface area (Å²) in [6, 6.07) is 6.20. The minimum atomic E-state index is 0.484. The maximum Gasteiger partial charge on any atom is 0.201 e. The average Bonchev–Trinajstić information content (AvgIpc) is 2.71. The first-order valence-corrected chi connectivity index (χ1v) is 5.98. The van der Waals surface area contributed by atoms with Crippen LogP contribution < -0.4 is 11.1 Å². The van der Waals surface area contributed by atoms with E-state index in [0.717, 1.165) is 41.9 Å². The van der Waals surface area contributed by atoms with E-state index in [-0.39, 0.29) is 0 Å². The molecule has 0 saturated carbocycles. The molecule has 1 aliphatic rings. The van der Waals surface area contributed by atoms with Crippen molar-refractivity contribution in [2.45, 2.75) is 25.3 Å². The molecule has 1 heterocycles. The number of H-pyrrole nitrogens is 1. The Hall–Kier alpha value is -1.97. The lowest BCUT2D eigenvalue weighted by Gasteiger charge is -2.18. The molecule has 0 amide bonds. The quantitative estimate of drug-likeness (QED) is 0.547. The lowest BCUT2D eigenvalue weighted by molar-refractivity contribution is 0.640. The van der Waals surface area contributed by atoms with Gasteiger partial charge in [0.2, 0.25) is 5.95 Å². The number of hydrogen-bond acceptors (Lipinski definition) is 3. The molecule has 0 aliphatic heterocycles. The van der Waals surface area contributed by atoms with E-state index in [1.54, 1.807) is 0 Å². The van der Waals surface area contributed by atoms with Gasteiger partial charge in [-0.05, 0) is 37.5 Å². The lowest BCUT2D eigenvalue weighted by Crippen LogP contribution is -2.20. The van der Waals surface area contributed by atoms with Gasteiger partial charge in [0.05, 0.1) is 11.0 Å². The number of imidazole rings is 1. The fourth-order valence-corrected chi connectivity index (χ4v) is 2.21. The third-order valence-electron chi connectivity index (χ3n) is 3.12. The Kier molecular flexibility index (Phi) is 2.48. The fourth-order valence-electron chi connectivity index (χ4n) is 2.21. The molecule has 2 aromatic rings. The van der Waals surface area contributed by atoms with Crippen molar-refractivity contribution in [2.24, 2.45) is 0 Å². The first-order valence-electron chi connectivity index (χ1n) is 5.98. The Morgan fingerprint density at radius 2 is 2.29 bits per heavy atom. The summed E-state index contributed by atoms with van der Waals surface area (Å²) in [6.07, 6.45) is 7.83. The van der Waals surface area contributed by atoms with Gasteiger partial charge >= 0.3 is 0 Å². The smallest absolute Gasteiger partial charge is 0.201 e. The molecule has 3 rings (SSSR count). The molecule has 88 valence electrons. The zero-order chi connectivity index (χ0) is 11.7. The number of aromatic nitrogens is 2. The second kappa shape index (κ2) is 4.13. The number of benzene rings is 1. The fraction of sp³-hybridized carbons (Fsp3) is 0.308. The molecule has 0 radical (unpaired) electrons. The van der Waals surface area contributed by atoms with Crippen LogP contribution in [0.25, 0.3) is 11.0 Å². The van der Waals surface area contributed by atoms with Gasteiger partial charge in [-0.1, -0.05) is 12.2 Å². The van der Waals surface area contributed by atoms with E-state index in [9.17, 15) is 0 Å². The highest BCUT2D eigenvalue weighted by molar-refractivity contribution is 5.80. The molecule has 1 unspecified atom stereocenters. The van der Waals surface area contributed by atoms with Gasteiger partial charge in [-0.15, -0.1) is 0 Å². The van der Waals surface area contributed by atoms with Crippen LogP contribution in [0.15, 0.2) is 30.4 Å². The maximum absolute atomic E-state index is 5.74. The molecular formula is C13H16N4. The van der Waals surface area contributed by atoms with Crippen LogP contribution >= 0.6 is 0 Å². The van der Waals surface area contributed by atoms with Gasteiger partial charge in [-0.3, -0.25) is 0 Å². The van der Waals surface area contributed by atoms with Crippen molar-refractivity contribution >= 4 is 22.7 Å². The van der Waals surface area contributed by atoms with Gasteiger partial charge in [0, 0.05) is 11.7 Å². The number of nitrogens with zero attached hydrogens (tertiary/aromatic N) is 1. The van der Waals surface area contributed by atoms with E-state index >= 15 is 0 Å². The molecule has 1 aliphatic carbocycles. The summed E-state index contributed by atoms with van der Waals surface area (Å²) in [7, 11) is 0. The van der Waals surface area contributed by atoms with E-state index in [4.69, 9.17) is 5.73 Å². The number of nitrogens with one attached hydrogen (secondary N) is 2. The van der Waals surface area contributed by atoms with E-state index in [1.807, 2.05) is 18.2 Å². The Labute approximate surface area is 99.9 Å². The minimum Gasteiger partial charge on any atom is -0.399 e. The second-order valence-electron chi connectivity index (χ2n) is 4.49. The largest absolute Gasteiger partial charge is 0.399 e. The number of aromatic amines is 1. The van der Waals surface area contributed by atoms with Crippen molar-refractivity contribution in [3.8, 4) is 0 Å². The van der Waals surface area contributed by atoms with Crippen LogP contribution in [0.1, 0.15) is 19.3 Å². The number of hydrogen-bond donors (Lipinski definition) is 3. The van der Waals surface area contributed by atoms with Gasteiger partial charge in [0.15, 0.2) is 0 Å². The summed E-state index contributed by atoms with van der Waals surface area (Å²) in [5.41, 5.74) is 8.43. The molecular weight excluding hydrogens is 212 g/mol. The topological polar surface area (TPSA) is 66.7 Å². The molecule has 0 spiro atoms. The molecule has 17 heavy (non-hydrogen) atoms. The molecule has 4 nitrogen and oxygen atoms in total. The predicted molar refractivity (Wildman–Crippen MR) is 70.9 cm³/mol. The Balaban J connectivity index is 1.83. The zero-order valence-corrected chi connectivity index (χ0v) is 9.61. The predicted octanol–water partition coefficient (Wildman–Crippen LogP) is 2.67. The summed E-state index contributed by atoms with van der Waals surface area (Å²) in [4.78, 5) is 7.76. The third kappa shape index (κ3) is 2.11. The Morgan fingerprint density at radius 1 is 1.35 bits per heavy atom. The lowest BCUT2D eigenvalue weighted by atomic mass is 10.0. The summed E-state index contributed by atoms with van der Waals surface area (Å²) in [5.74, 6) is 0.839. The van der Waals surface area contributed by atoms with Gasteiger partial charge in [0.1, 0.15) is 0 Å². The maximum atomic E-state index is 5.74. The first-order chi connectivity index (χ1) is 8.31. The van der Waals surface area contributed by atoms with Crippen LogP contribution in [0.4, 0.5) is 11.6 Å². The summed E-state index contributed by atoms with van der Waals surface area (Å²) < 4.78 is 0. The second-order valence-corrected chi connectivity index (χ2v) is 4.49. The van der Waals surface area contributed by atoms with Crippen molar-refractivity contribution in [2.75, 3.05) is 11.1 Å². The number of rotatable bonds is 2. The highest BCUT2D eigenvalue weighted by atomic mass is 15.1. The van der Waals surface area contributed by atoms with E-state index in [0.29, 0.717) is 6.04 Å². The number of anilines is 2. The number of fused-ring (bicyclic) bond motifs is 1. The van der Waals surface area contributed by atoms with Crippen LogP contribution in [0, 0.1) is 0 Å². The van der Waals surface area contributed by atoms with Gasteiger partial charge < -0.3 is 16.0 Å². The molecule has 1 aromatic heterocycles. The number of nitrogens with two attached hydrogens (primary N) is 1. The average molecular weight is 228 g/mol. The van der Waals surface area contributed by atoms with Gasteiger partial charge in [-0.2, -0.15) is 0 Å². The van der Waals surface area contributed by atoms with Crippen LogP contribution in [0.5, 0.6) is 0 Å². The standard InChI is InChI=1S/C13H16N4/c14-9-6-7-11-12(8-9)17-13(16-11)15-10-4-2-1-3-5-10/h1-2,6-8,10H,3-5,14H2,(H2,15,16,17). The Morgan fingerprint density at radius 3 is 3.12 bits per heavy atom. The molecule has 0 fully saturated rings. The molecule has 4 N–H and O–H groups in total. The summed E-state index contributed by atoms with van der Waals surface area (Å²) in [5, 5.41) is 3.43. The summed E-state index contributed by atoms with van der Waals surface area (Å²) >= 11 is 0. The normalized spacial score (nSPS) is 19.6. The zero-order valence-electron chi connectivity index (χ0n) is 9.61. The highest BCUT2D eigenvalue weighted by Crippen LogP contribution is 2.20. The first kappa shape index (κ1) is 10.2. The molecule has 4 heteroatoms. The highest BCUT2D eigenvalue weighted by Gasteiger charge is 2.11. The van der Waals surface area contributed by atoms with Crippen molar-refractivity contribution in [1.82, 2.24) is 9.97 Å². The van der Waals surface area contributed by atoms with Crippen molar-refractivity contribution < 1.29 is 0 Å². The van der Waals surface area contributed by atoms with Crippen LogP contribution in [0.2, 0.25) is 0 Å². The van der Waals surface area contributed by atoms with Crippen molar-refractivity contribution in [3.63, 3.8) is 0 Å². The van der Waals surface area contributed by atoms with Crippen LogP contribution in [0.3, 0.4) is 0 Å². The van der Waals surface area contributed by atoms with Gasteiger partial charge in [-0.25, -0.2) is 4.98 Å². The third-order valence-corrected chi connectivity index (χ3v) is 3.12. The summed E-state index contributed by atoms with van der Waals surface area (Å²) in [6.45, 7) is 0. The molecule has 0 saturated heterocycles.